The molecule has 2 aromatic rings. The molecule has 2 amide bonds. The molecule has 0 fully saturated rings. The van der Waals surface area contributed by atoms with Crippen molar-refractivity contribution in [3.63, 3.8) is 0 Å². The van der Waals surface area contributed by atoms with Crippen LogP contribution in [0.5, 0.6) is 0 Å². The average Bonchev–Trinajstić information content (AvgIpc) is 2.85. The molecule has 0 atom stereocenters. The normalized spacial score (nSPS) is 10.2. The Morgan fingerprint density at radius 2 is 1.84 bits per heavy atom. The zero-order chi connectivity index (χ0) is 18.6. The molecule has 0 saturated heterocycles. The van der Waals surface area contributed by atoms with Crippen LogP contribution in [0.1, 0.15) is 26.4 Å². The highest BCUT2D eigenvalue weighted by molar-refractivity contribution is 6.33. The van der Waals surface area contributed by atoms with Gasteiger partial charge in [-0.1, -0.05) is 11.6 Å². The topological polar surface area (TPSA) is 102 Å². The van der Waals surface area contributed by atoms with E-state index in [-0.39, 0.29) is 11.7 Å². The number of hydrogen-bond acceptors (Lipinski definition) is 5. The van der Waals surface area contributed by atoms with E-state index in [1.165, 1.54) is 23.9 Å². The summed E-state index contributed by atoms with van der Waals surface area (Å²) in [6.07, 6.45) is 0. The molecule has 1 aromatic heterocycles. The van der Waals surface area contributed by atoms with Gasteiger partial charge in [-0.15, -0.1) is 0 Å². The van der Waals surface area contributed by atoms with Gasteiger partial charge in [-0.2, -0.15) is 5.10 Å². The molecule has 8 nitrogen and oxygen atoms in total. The number of nitrogens with zero attached hydrogens (tertiary/aromatic N) is 2. The second-order valence-corrected chi connectivity index (χ2v) is 5.52. The first-order valence-electron chi connectivity index (χ1n) is 7.29. The van der Waals surface area contributed by atoms with Crippen LogP contribution in [-0.2, 0) is 16.6 Å². The Labute approximate surface area is 149 Å². The largest absolute Gasteiger partial charge is 0.468 e. The number of carbonyl (C=O) groups excluding carboxylic acids is 3. The summed E-state index contributed by atoms with van der Waals surface area (Å²) in [6, 6.07) is 6.20. The first-order valence-corrected chi connectivity index (χ1v) is 7.66. The maximum absolute atomic E-state index is 12.3. The molecule has 0 bridgehead atoms. The van der Waals surface area contributed by atoms with E-state index in [1.54, 1.807) is 26.1 Å². The summed E-state index contributed by atoms with van der Waals surface area (Å²) >= 11 is 6.06. The van der Waals surface area contributed by atoms with Crippen LogP contribution in [0.15, 0.2) is 24.3 Å². The van der Waals surface area contributed by atoms with Crippen LogP contribution < -0.4 is 10.6 Å². The molecule has 0 unspecified atom stereocenters. The number of aryl methyl sites for hydroxylation is 2. The van der Waals surface area contributed by atoms with E-state index in [0.29, 0.717) is 22.5 Å². The standard InChI is InChI=1S/C16H17ClN4O4/c1-9-13(14(17)21(2)20-9)16(24)19-11-6-4-10(5-7-11)15(23)18-8-12(22)25-3/h4-7H,8H2,1-3H3,(H,18,23)(H,19,24). The highest BCUT2D eigenvalue weighted by atomic mass is 35.5. The van der Waals surface area contributed by atoms with Crippen molar-refractivity contribution in [1.29, 1.82) is 0 Å². The maximum atomic E-state index is 12.3. The van der Waals surface area contributed by atoms with E-state index in [0.717, 1.165) is 0 Å². The first-order chi connectivity index (χ1) is 11.8. The molecule has 2 rings (SSSR count). The van der Waals surface area contributed by atoms with E-state index >= 15 is 0 Å². The van der Waals surface area contributed by atoms with Gasteiger partial charge in [0.2, 0.25) is 0 Å². The molecule has 0 aliphatic heterocycles. The first kappa shape index (κ1) is 18.5. The molecule has 1 heterocycles. The van der Waals surface area contributed by atoms with Gasteiger partial charge < -0.3 is 15.4 Å². The maximum Gasteiger partial charge on any atom is 0.325 e. The molecular formula is C16H17ClN4O4. The Balaban J connectivity index is 2.04. The Hall–Kier alpha value is -2.87. The Morgan fingerprint density at radius 3 is 2.36 bits per heavy atom. The van der Waals surface area contributed by atoms with Crippen molar-refractivity contribution in [1.82, 2.24) is 15.1 Å². The van der Waals surface area contributed by atoms with Crippen LogP contribution in [0.4, 0.5) is 5.69 Å². The molecule has 2 N–H and O–H groups in total. The zero-order valence-corrected chi connectivity index (χ0v) is 14.7. The summed E-state index contributed by atoms with van der Waals surface area (Å²) in [6.45, 7) is 1.47. The van der Waals surface area contributed by atoms with Gasteiger partial charge in [0.15, 0.2) is 0 Å². The average molecular weight is 365 g/mol. The van der Waals surface area contributed by atoms with Gasteiger partial charge >= 0.3 is 5.97 Å². The minimum atomic E-state index is -0.541. The summed E-state index contributed by atoms with van der Waals surface area (Å²) < 4.78 is 5.86. The number of aromatic nitrogens is 2. The lowest BCUT2D eigenvalue weighted by Crippen LogP contribution is -2.30. The van der Waals surface area contributed by atoms with Gasteiger partial charge in [-0.25, -0.2) is 0 Å². The van der Waals surface area contributed by atoms with E-state index in [1.807, 2.05) is 0 Å². The smallest absolute Gasteiger partial charge is 0.325 e. The fourth-order valence-electron chi connectivity index (χ4n) is 2.11. The lowest BCUT2D eigenvalue weighted by atomic mass is 10.2. The van der Waals surface area contributed by atoms with Gasteiger partial charge in [-0.05, 0) is 31.2 Å². The minimum Gasteiger partial charge on any atom is -0.468 e. The van der Waals surface area contributed by atoms with Crippen molar-refractivity contribution in [2.45, 2.75) is 6.92 Å². The molecule has 0 radical (unpaired) electrons. The Morgan fingerprint density at radius 1 is 1.20 bits per heavy atom. The van der Waals surface area contributed by atoms with Crippen molar-refractivity contribution >= 4 is 35.1 Å². The SMILES string of the molecule is COC(=O)CNC(=O)c1ccc(NC(=O)c2c(C)nn(C)c2Cl)cc1. The summed E-state index contributed by atoms with van der Waals surface area (Å²) in [4.78, 5) is 35.2. The summed E-state index contributed by atoms with van der Waals surface area (Å²) in [5, 5.41) is 9.45. The van der Waals surface area contributed by atoms with Gasteiger partial charge in [0.25, 0.3) is 11.8 Å². The quantitative estimate of drug-likeness (QED) is 0.783. The third kappa shape index (κ3) is 4.36. The third-order valence-electron chi connectivity index (χ3n) is 3.41. The number of hydrogen-bond donors (Lipinski definition) is 2. The van der Waals surface area contributed by atoms with Crippen molar-refractivity contribution in [2.75, 3.05) is 19.0 Å². The Kier molecular flexibility index (Phi) is 5.76. The molecule has 9 heteroatoms. The van der Waals surface area contributed by atoms with Crippen LogP contribution in [0.25, 0.3) is 0 Å². The third-order valence-corrected chi connectivity index (χ3v) is 3.84. The van der Waals surface area contributed by atoms with E-state index in [9.17, 15) is 14.4 Å². The van der Waals surface area contributed by atoms with Crippen LogP contribution >= 0.6 is 11.6 Å². The molecule has 1 aromatic carbocycles. The number of nitrogens with one attached hydrogen (secondary N) is 2. The predicted octanol–water partition coefficient (Wildman–Crippen LogP) is 1.54. The number of ether oxygens (including phenoxy) is 1. The number of rotatable bonds is 5. The van der Waals surface area contributed by atoms with Gasteiger partial charge in [0.1, 0.15) is 11.7 Å². The second-order valence-electron chi connectivity index (χ2n) is 5.17. The molecular weight excluding hydrogens is 348 g/mol. The molecule has 132 valence electrons. The van der Waals surface area contributed by atoms with Crippen molar-refractivity contribution in [3.8, 4) is 0 Å². The highest BCUT2D eigenvalue weighted by Gasteiger charge is 2.19. The molecule has 25 heavy (non-hydrogen) atoms. The molecule has 0 spiro atoms. The summed E-state index contributed by atoms with van der Waals surface area (Å²) in [5.74, 6) is -1.35. The van der Waals surface area contributed by atoms with Crippen LogP contribution in [-0.4, -0.2) is 41.2 Å². The molecule has 0 aliphatic carbocycles. The van der Waals surface area contributed by atoms with Gasteiger partial charge in [0, 0.05) is 18.3 Å². The predicted molar refractivity (Wildman–Crippen MR) is 91.7 cm³/mol. The highest BCUT2D eigenvalue weighted by Crippen LogP contribution is 2.20. The second kappa shape index (κ2) is 7.80. The van der Waals surface area contributed by atoms with Gasteiger partial charge in [0.05, 0.1) is 18.4 Å². The fraction of sp³-hybridized carbons (Fsp3) is 0.250. The van der Waals surface area contributed by atoms with Crippen LogP contribution in [0.3, 0.4) is 0 Å². The number of anilines is 1. The number of methoxy groups -OCH3 is 1. The van der Waals surface area contributed by atoms with Gasteiger partial charge in [-0.3, -0.25) is 19.1 Å². The Bertz CT molecular complexity index is 814. The van der Waals surface area contributed by atoms with Crippen molar-refractivity contribution in [3.05, 3.63) is 46.2 Å². The number of halogens is 1. The van der Waals surface area contributed by atoms with Crippen molar-refractivity contribution in [2.24, 2.45) is 7.05 Å². The lowest BCUT2D eigenvalue weighted by molar-refractivity contribution is -0.139. The summed E-state index contributed by atoms with van der Waals surface area (Å²) in [7, 11) is 2.88. The monoisotopic (exact) mass is 364 g/mol. The number of carbonyl (C=O) groups is 3. The number of esters is 1. The minimum absolute atomic E-state index is 0.216. The van der Waals surface area contributed by atoms with E-state index < -0.39 is 17.8 Å². The van der Waals surface area contributed by atoms with Crippen molar-refractivity contribution < 1.29 is 19.1 Å². The van der Waals surface area contributed by atoms with Crippen LogP contribution in [0.2, 0.25) is 5.15 Å². The molecule has 0 aliphatic rings. The fourth-order valence-corrected chi connectivity index (χ4v) is 2.37. The van der Waals surface area contributed by atoms with E-state index in [2.05, 4.69) is 20.5 Å². The number of benzene rings is 1. The lowest BCUT2D eigenvalue weighted by Gasteiger charge is -2.07. The van der Waals surface area contributed by atoms with Crippen LogP contribution in [0, 0.1) is 6.92 Å². The summed E-state index contributed by atoms with van der Waals surface area (Å²) in [5.41, 5.74) is 1.65. The number of amides is 2. The molecule has 0 saturated carbocycles. The zero-order valence-electron chi connectivity index (χ0n) is 13.9. The van der Waals surface area contributed by atoms with E-state index in [4.69, 9.17) is 11.6 Å².